The van der Waals surface area contributed by atoms with Gasteiger partial charge in [0, 0.05) is 15.6 Å². The Kier molecular flexibility index (Phi) is 4.81. The van der Waals surface area contributed by atoms with E-state index in [-0.39, 0.29) is 17.4 Å². The molecule has 1 N–H and O–H groups in total. The third-order valence-corrected chi connectivity index (χ3v) is 4.36. The maximum absolute atomic E-state index is 11.6. The van der Waals surface area contributed by atoms with E-state index < -0.39 is 5.97 Å². The van der Waals surface area contributed by atoms with E-state index in [0.29, 0.717) is 21.4 Å². The average molecular weight is 382 g/mol. The highest BCUT2D eigenvalue weighted by molar-refractivity contribution is 6.33. The van der Waals surface area contributed by atoms with Gasteiger partial charge in [0.2, 0.25) is 0 Å². The van der Waals surface area contributed by atoms with E-state index >= 15 is 0 Å². The molecule has 0 radical (unpaired) electrons. The predicted octanol–water partition coefficient (Wildman–Crippen LogP) is 5.26. The molecule has 0 saturated carbocycles. The Bertz CT molecular complexity index is 908. The summed E-state index contributed by atoms with van der Waals surface area (Å²) in [6.07, 6.45) is 0. The minimum atomic E-state index is -1.16. The minimum Gasteiger partial charge on any atom is -0.476 e. The van der Waals surface area contributed by atoms with Crippen LogP contribution in [0.2, 0.25) is 15.2 Å². The number of carbonyl (C=O) groups is 1. The van der Waals surface area contributed by atoms with Gasteiger partial charge in [-0.05, 0) is 23.8 Å². The summed E-state index contributed by atoms with van der Waals surface area (Å²) >= 11 is 18.3. The second kappa shape index (κ2) is 6.85. The van der Waals surface area contributed by atoms with E-state index in [9.17, 15) is 9.90 Å². The van der Waals surface area contributed by atoms with E-state index in [1.165, 1.54) is 4.57 Å². The normalized spacial score (nSPS) is 10.8. The molecule has 1 heterocycles. The first kappa shape index (κ1) is 16.8. The summed E-state index contributed by atoms with van der Waals surface area (Å²) in [5, 5.41) is 10.4. The lowest BCUT2D eigenvalue weighted by molar-refractivity contribution is 0.0686. The smallest absolute Gasteiger partial charge is 0.355 e. The second-order valence-electron chi connectivity index (χ2n) is 5.07. The Hall–Kier alpha value is -2.01. The van der Waals surface area contributed by atoms with Crippen molar-refractivity contribution in [2.45, 2.75) is 6.54 Å². The molecule has 2 aromatic carbocycles. The molecule has 3 rings (SSSR count). The van der Waals surface area contributed by atoms with Crippen molar-refractivity contribution in [3.63, 3.8) is 0 Å². The molecule has 1 aromatic heterocycles. The Labute approximate surface area is 153 Å². The van der Waals surface area contributed by atoms with Crippen molar-refractivity contribution in [3.05, 3.63) is 75.0 Å². The highest BCUT2D eigenvalue weighted by Gasteiger charge is 2.23. The lowest BCUT2D eigenvalue weighted by atomic mass is 10.2. The van der Waals surface area contributed by atoms with Crippen molar-refractivity contribution < 1.29 is 9.90 Å². The van der Waals surface area contributed by atoms with Gasteiger partial charge in [-0.3, -0.25) is 0 Å². The van der Waals surface area contributed by atoms with Crippen molar-refractivity contribution in [2.75, 3.05) is 0 Å². The van der Waals surface area contributed by atoms with Crippen LogP contribution in [0.1, 0.15) is 16.1 Å². The molecule has 0 amide bonds. The molecule has 4 nitrogen and oxygen atoms in total. The van der Waals surface area contributed by atoms with E-state index in [4.69, 9.17) is 34.8 Å². The molecule has 24 heavy (non-hydrogen) atoms. The lowest BCUT2D eigenvalue weighted by Gasteiger charge is -2.12. The third-order valence-electron chi connectivity index (χ3n) is 3.50. The quantitative estimate of drug-likeness (QED) is 0.671. The number of benzene rings is 2. The molecule has 0 bridgehead atoms. The zero-order valence-electron chi connectivity index (χ0n) is 12.2. The van der Waals surface area contributed by atoms with E-state index in [1.54, 1.807) is 18.2 Å². The monoisotopic (exact) mass is 380 g/mol. The van der Waals surface area contributed by atoms with Crippen LogP contribution in [0.15, 0.2) is 48.5 Å². The maximum atomic E-state index is 11.6. The molecular weight excluding hydrogens is 371 g/mol. The molecule has 7 heteroatoms. The highest BCUT2D eigenvalue weighted by Crippen LogP contribution is 2.29. The first-order valence-electron chi connectivity index (χ1n) is 6.96. The third kappa shape index (κ3) is 3.26. The summed E-state index contributed by atoms with van der Waals surface area (Å²) in [6.45, 7) is 0.185. The van der Waals surface area contributed by atoms with Crippen molar-refractivity contribution in [3.8, 4) is 11.4 Å². The average Bonchev–Trinajstić information content (AvgIpc) is 2.88. The van der Waals surface area contributed by atoms with E-state index in [1.807, 2.05) is 30.3 Å². The number of rotatable bonds is 4. The number of halogens is 3. The van der Waals surface area contributed by atoms with Crippen LogP contribution in [0.25, 0.3) is 11.4 Å². The zero-order valence-corrected chi connectivity index (χ0v) is 14.5. The fourth-order valence-electron chi connectivity index (χ4n) is 2.42. The van der Waals surface area contributed by atoms with Crippen LogP contribution in [0.5, 0.6) is 0 Å². The maximum Gasteiger partial charge on any atom is 0.355 e. The van der Waals surface area contributed by atoms with Crippen LogP contribution in [-0.2, 0) is 6.54 Å². The first-order valence-corrected chi connectivity index (χ1v) is 8.09. The Morgan fingerprint density at radius 1 is 1.08 bits per heavy atom. The molecule has 0 atom stereocenters. The first-order chi connectivity index (χ1) is 11.5. The number of hydrogen-bond donors (Lipinski definition) is 1. The molecular formula is C17H11Cl3N2O2. The summed E-state index contributed by atoms with van der Waals surface area (Å²) in [5.41, 5.74) is 1.34. The Morgan fingerprint density at radius 3 is 2.46 bits per heavy atom. The topological polar surface area (TPSA) is 55.1 Å². The van der Waals surface area contributed by atoms with Crippen LogP contribution in [-0.4, -0.2) is 20.6 Å². The van der Waals surface area contributed by atoms with Gasteiger partial charge in [0.05, 0.1) is 6.54 Å². The summed E-state index contributed by atoms with van der Waals surface area (Å²) in [6, 6.07) is 14.2. The number of imidazole rings is 1. The van der Waals surface area contributed by atoms with Gasteiger partial charge in [0.25, 0.3) is 0 Å². The zero-order chi connectivity index (χ0) is 17.3. The molecule has 0 unspecified atom stereocenters. The number of nitrogens with zero attached hydrogens (tertiary/aromatic N) is 2. The summed E-state index contributed by atoms with van der Waals surface area (Å²) < 4.78 is 1.53. The van der Waals surface area contributed by atoms with Crippen molar-refractivity contribution in [2.24, 2.45) is 0 Å². The van der Waals surface area contributed by atoms with Crippen LogP contribution >= 0.6 is 34.8 Å². The van der Waals surface area contributed by atoms with Gasteiger partial charge >= 0.3 is 5.97 Å². The number of hydrogen-bond acceptors (Lipinski definition) is 2. The van der Waals surface area contributed by atoms with Crippen molar-refractivity contribution >= 4 is 40.8 Å². The minimum absolute atomic E-state index is 0.0699. The Morgan fingerprint density at radius 2 is 1.79 bits per heavy atom. The lowest BCUT2D eigenvalue weighted by Crippen LogP contribution is -2.11. The van der Waals surface area contributed by atoms with Gasteiger partial charge in [-0.1, -0.05) is 65.1 Å². The van der Waals surface area contributed by atoms with Gasteiger partial charge in [-0.2, -0.15) is 0 Å². The van der Waals surface area contributed by atoms with Gasteiger partial charge in [-0.25, -0.2) is 9.78 Å². The highest BCUT2D eigenvalue weighted by atomic mass is 35.5. The molecule has 0 spiro atoms. The standard InChI is InChI=1S/C17H11Cl3N2O2/c18-12-6-7-13(19)11(8-12)9-22-14(17(23)24)15(20)21-16(22)10-4-2-1-3-5-10/h1-8H,9H2,(H,23,24). The van der Waals surface area contributed by atoms with Crippen molar-refractivity contribution in [1.29, 1.82) is 0 Å². The number of aromatic nitrogens is 2. The summed E-state index contributed by atoms with van der Waals surface area (Å²) in [5.74, 6) is -0.707. The van der Waals surface area contributed by atoms with E-state index in [0.717, 1.165) is 5.56 Å². The second-order valence-corrected chi connectivity index (χ2v) is 6.27. The largest absolute Gasteiger partial charge is 0.476 e. The van der Waals surface area contributed by atoms with Crippen LogP contribution in [0.3, 0.4) is 0 Å². The molecule has 0 aliphatic heterocycles. The van der Waals surface area contributed by atoms with Crippen LogP contribution in [0.4, 0.5) is 0 Å². The van der Waals surface area contributed by atoms with Gasteiger partial charge in [0.1, 0.15) is 5.82 Å². The number of carboxylic acids is 1. The molecule has 3 aromatic rings. The van der Waals surface area contributed by atoms with Crippen molar-refractivity contribution in [1.82, 2.24) is 9.55 Å². The molecule has 0 saturated heterocycles. The molecule has 0 fully saturated rings. The SMILES string of the molecule is O=C(O)c1c(Cl)nc(-c2ccccc2)n1Cc1cc(Cl)ccc1Cl. The summed E-state index contributed by atoms with van der Waals surface area (Å²) in [7, 11) is 0. The number of carboxylic acid groups (broad SMARTS) is 1. The van der Waals surface area contributed by atoms with Gasteiger partial charge < -0.3 is 9.67 Å². The predicted molar refractivity (Wildman–Crippen MR) is 95.2 cm³/mol. The van der Waals surface area contributed by atoms with Crippen LogP contribution in [0, 0.1) is 0 Å². The fraction of sp³-hybridized carbons (Fsp3) is 0.0588. The van der Waals surface area contributed by atoms with Crippen LogP contribution < -0.4 is 0 Å². The molecule has 0 aliphatic carbocycles. The van der Waals surface area contributed by atoms with E-state index in [2.05, 4.69) is 4.98 Å². The fourth-order valence-corrected chi connectivity index (χ4v) is 3.06. The number of aromatic carboxylic acids is 1. The Balaban J connectivity index is 2.18. The molecule has 0 aliphatic rings. The van der Waals surface area contributed by atoms with Gasteiger partial charge in [0.15, 0.2) is 10.8 Å². The summed E-state index contributed by atoms with van der Waals surface area (Å²) in [4.78, 5) is 15.8. The van der Waals surface area contributed by atoms with Gasteiger partial charge in [-0.15, -0.1) is 0 Å². The molecule has 122 valence electrons.